The first-order valence-electron chi connectivity index (χ1n) is 10.1. The van der Waals surface area contributed by atoms with E-state index < -0.39 is 12.1 Å². The van der Waals surface area contributed by atoms with E-state index >= 15 is 0 Å². The Morgan fingerprint density at radius 2 is 2.10 bits per heavy atom. The maximum absolute atomic E-state index is 13.2. The predicted molar refractivity (Wildman–Crippen MR) is 114 cm³/mol. The van der Waals surface area contributed by atoms with E-state index in [1.807, 2.05) is 11.4 Å². The molecule has 3 aliphatic heterocycles. The number of piperidine rings is 1. The lowest BCUT2D eigenvalue weighted by Gasteiger charge is -2.41. The largest absolute Gasteiger partial charge is 0.354 e. The topological polar surface area (TPSA) is 111 Å². The van der Waals surface area contributed by atoms with E-state index in [0.29, 0.717) is 36.0 Å². The highest BCUT2D eigenvalue weighted by molar-refractivity contribution is 7.99. The van der Waals surface area contributed by atoms with E-state index in [4.69, 9.17) is 0 Å². The number of amides is 4. The number of nitrogens with zero attached hydrogens (tertiary/aromatic N) is 2. The fourth-order valence-electron chi connectivity index (χ4n) is 3.94. The van der Waals surface area contributed by atoms with Crippen LogP contribution in [0.25, 0.3) is 0 Å². The van der Waals surface area contributed by atoms with Crippen LogP contribution in [0.4, 0.5) is 0 Å². The molecule has 0 aromatic carbocycles. The number of hydrogen-bond acceptors (Lipinski definition) is 7. The number of hydrogen-bond donors (Lipinski definition) is 3. The summed E-state index contributed by atoms with van der Waals surface area (Å²) in [4.78, 5) is 54.9. The summed E-state index contributed by atoms with van der Waals surface area (Å²) in [6.45, 7) is 1.37. The minimum absolute atomic E-state index is 0.114. The van der Waals surface area contributed by atoms with Crippen molar-refractivity contribution in [2.75, 3.05) is 37.8 Å². The van der Waals surface area contributed by atoms with Crippen molar-refractivity contribution in [1.29, 1.82) is 0 Å². The molecule has 1 aromatic heterocycles. The molecule has 0 bridgehead atoms. The smallest absolute Gasteiger partial charge is 0.264 e. The highest BCUT2D eigenvalue weighted by Gasteiger charge is 2.41. The Labute approximate surface area is 182 Å². The standard InChI is InChI=1S/C19H25N5O4S2/c25-16-12(3-1-5-20-16)22-17(26)14-9-23(19(28)15-4-2-8-30-15)6-7-24(14)18(27)13-10-29-11-21-13/h2,4,8,12-14,21H,1,3,5-7,9-11H2,(H,20,25)(H,22,26)/t12-,13-,14+/m0/s1. The van der Waals surface area contributed by atoms with E-state index in [1.54, 1.807) is 27.6 Å². The minimum Gasteiger partial charge on any atom is -0.354 e. The van der Waals surface area contributed by atoms with Crippen molar-refractivity contribution in [2.45, 2.75) is 31.0 Å². The van der Waals surface area contributed by atoms with Crippen molar-refractivity contribution in [3.8, 4) is 0 Å². The molecule has 0 saturated carbocycles. The minimum atomic E-state index is -0.822. The zero-order valence-electron chi connectivity index (χ0n) is 16.5. The van der Waals surface area contributed by atoms with E-state index in [1.165, 1.54) is 11.3 Å². The zero-order chi connectivity index (χ0) is 21.1. The van der Waals surface area contributed by atoms with Gasteiger partial charge in [-0.1, -0.05) is 6.07 Å². The third kappa shape index (κ3) is 4.47. The molecule has 0 aliphatic carbocycles. The second kappa shape index (κ2) is 9.36. The van der Waals surface area contributed by atoms with Gasteiger partial charge in [0.15, 0.2) is 0 Å². The van der Waals surface area contributed by atoms with Gasteiger partial charge in [-0.25, -0.2) is 0 Å². The molecule has 4 rings (SSSR count). The SMILES string of the molecule is O=C1NCCC[C@@H]1NC(=O)[C@H]1CN(C(=O)c2cccs2)CCN1C(=O)[C@@H]1CSCN1. The van der Waals surface area contributed by atoms with Crippen LogP contribution >= 0.6 is 23.1 Å². The lowest BCUT2D eigenvalue weighted by molar-refractivity contribution is -0.145. The normalized spacial score (nSPS) is 26.9. The lowest BCUT2D eigenvalue weighted by Crippen LogP contribution is -2.65. The molecule has 11 heteroatoms. The molecule has 3 aliphatic rings. The molecule has 162 valence electrons. The number of carbonyl (C=O) groups is 4. The highest BCUT2D eigenvalue weighted by atomic mass is 32.2. The molecule has 30 heavy (non-hydrogen) atoms. The molecule has 0 unspecified atom stereocenters. The number of nitrogens with one attached hydrogen (secondary N) is 3. The summed E-state index contributed by atoms with van der Waals surface area (Å²) < 4.78 is 0. The first kappa shape index (κ1) is 21.1. The summed E-state index contributed by atoms with van der Waals surface area (Å²) in [5, 5.41) is 10.5. The maximum atomic E-state index is 13.2. The second-order valence-corrected chi connectivity index (χ2v) is 9.52. The fourth-order valence-corrected chi connectivity index (χ4v) is 5.57. The van der Waals surface area contributed by atoms with Crippen LogP contribution in [0.3, 0.4) is 0 Å². The lowest BCUT2D eigenvalue weighted by atomic mass is 10.0. The Morgan fingerprint density at radius 1 is 1.23 bits per heavy atom. The molecule has 0 spiro atoms. The summed E-state index contributed by atoms with van der Waals surface area (Å²) in [5.41, 5.74) is 0. The summed E-state index contributed by atoms with van der Waals surface area (Å²) in [6.07, 6.45) is 1.35. The Balaban J connectivity index is 1.51. The molecular formula is C19H25N5O4S2. The third-order valence-electron chi connectivity index (χ3n) is 5.60. The highest BCUT2D eigenvalue weighted by Crippen LogP contribution is 2.20. The molecule has 3 saturated heterocycles. The molecule has 3 fully saturated rings. The monoisotopic (exact) mass is 451 g/mol. The molecular weight excluding hydrogens is 426 g/mol. The Kier molecular flexibility index (Phi) is 6.59. The van der Waals surface area contributed by atoms with E-state index in [-0.39, 0.29) is 42.8 Å². The summed E-state index contributed by atoms with van der Waals surface area (Å²) >= 11 is 2.99. The van der Waals surface area contributed by atoms with Gasteiger partial charge in [0.05, 0.1) is 17.5 Å². The van der Waals surface area contributed by atoms with Crippen LogP contribution in [0.2, 0.25) is 0 Å². The van der Waals surface area contributed by atoms with E-state index in [9.17, 15) is 19.2 Å². The number of piperazine rings is 1. The molecule has 3 atom stereocenters. The van der Waals surface area contributed by atoms with Crippen molar-refractivity contribution in [1.82, 2.24) is 25.8 Å². The van der Waals surface area contributed by atoms with Crippen LogP contribution in [0, 0.1) is 0 Å². The third-order valence-corrected chi connectivity index (χ3v) is 7.40. The van der Waals surface area contributed by atoms with Gasteiger partial charge in [-0.2, -0.15) is 0 Å². The average molecular weight is 452 g/mol. The zero-order valence-corrected chi connectivity index (χ0v) is 18.1. The van der Waals surface area contributed by atoms with Crippen LogP contribution in [-0.2, 0) is 14.4 Å². The van der Waals surface area contributed by atoms with Crippen LogP contribution in [0.5, 0.6) is 0 Å². The van der Waals surface area contributed by atoms with Crippen molar-refractivity contribution in [3.05, 3.63) is 22.4 Å². The maximum Gasteiger partial charge on any atom is 0.264 e. The van der Waals surface area contributed by atoms with Crippen LogP contribution in [0.1, 0.15) is 22.5 Å². The van der Waals surface area contributed by atoms with Gasteiger partial charge in [0, 0.05) is 31.3 Å². The first-order chi connectivity index (χ1) is 14.5. The van der Waals surface area contributed by atoms with Gasteiger partial charge in [-0.15, -0.1) is 23.1 Å². The van der Waals surface area contributed by atoms with E-state index in [2.05, 4.69) is 16.0 Å². The van der Waals surface area contributed by atoms with Crippen molar-refractivity contribution in [3.63, 3.8) is 0 Å². The Hall–Kier alpha value is -2.11. The van der Waals surface area contributed by atoms with Gasteiger partial charge in [0.25, 0.3) is 5.91 Å². The Morgan fingerprint density at radius 3 is 2.80 bits per heavy atom. The quantitative estimate of drug-likeness (QED) is 0.567. The molecule has 4 heterocycles. The fraction of sp³-hybridized carbons (Fsp3) is 0.579. The predicted octanol–water partition coefficient (Wildman–Crippen LogP) is -0.542. The van der Waals surface area contributed by atoms with Crippen molar-refractivity contribution >= 4 is 46.7 Å². The number of thioether (sulfide) groups is 1. The van der Waals surface area contributed by atoms with Gasteiger partial charge in [-0.3, -0.25) is 24.5 Å². The summed E-state index contributed by atoms with van der Waals surface area (Å²) in [7, 11) is 0. The van der Waals surface area contributed by atoms with Crippen LogP contribution in [-0.4, -0.2) is 89.4 Å². The number of thiophene rings is 1. The molecule has 1 aromatic rings. The van der Waals surface area contributed by atoms with Gasteiger partial charge < -0.3 is 20.4 Å². The van der Waals surface area contributed by atoms with Gasteiger partial charge >= 0.3 is 0 Å². The summed E-state index contributed by atoms with van der Waals surface area (Å²) in [5.74, 6) is 0.499. The molecule has 3 N–H and O–H groups in total. The molecule has 4 amide bonds. The Bertz CT molecular complexity index is 812. The van der Waals surface area contributed by atoms with Gasteiger partial charge in [0.2, 0.25) is 17.7 Å². The molecule has 0 radical (unpaired) electrons. The average Bonchev–Trinajstić information content (AvgIpc) is 3.48. The second-order valence-electron chi connectivity index (χ2n) is 7.54. The van der Waals surface area contributed by atoms with Crippen LogP contribution < -0.4 is 16.0 Å². The number of rotatable bonds is 4. The molecule has 9 nitrogen and oxygen atoms in total. The van der Waals surface area contributed by atoms with Crippen molar-refractivity contribution < 1.29 is 19.2 Å². The van der Waals surface area contributed by atoms with Crippen molar-refractivity contribution in [2.24, 2.45) is 0 Å². The number of carbonyl (C=O) groups excluding carboxylic acids is 4. The van der Waals surface area contributed by atoms with Gasteiger partial charge in [-0.05, 0) is 24.3 Å². The first-order valence-corrected chi connectivity index (χ1v) is 12.1. The summed E-state index contributed by atoms with van der Waals surface area (Å²) in [6, 6.07) is 1.81. The van der Waals surface area contributed by atoms with E-state index in [0.717, 1.165) is 6.42 Å². The van der Waals surface area contributed by atoms with Crippen LogP contribution in [0.15, 0.2) is 17.5 Å². The van der Waals surface area contributed by atoms with Gasteiger partial charge in [0.1, 0.15) is 12.1 Å².